The monoisotopic (exact) mass is 1130 g/mol. The predicted octanol–water partition coefficient (Wildman–Crippen LogP) is 3.21. The molecule has 0 saturated heterocycles. The number of carbonyl (C=O) groups is 7. The second kappa shape index (κ2) is 29.8. The molecular weight excluding hydrogens is 1050 g/mol. The second-order valence-electron chi connectivity index (χ2n) is 20.7. The minimum Gasteiger partial charge on any atom is -0.748 e. The van der Waals surface area contributed by atoms with Gasteiger partial charge in [0.25, 0.3) is 11.8 Å². The molecular formula is C50H77BF2N7O15PS. The number of Topliss-reactive ketones (excluding diaryl/α,β-unsaturated/α-hetero) is 2. The van der Waals surface area contributed by atoms with Crippen LogP contribution in [0.15, 0.2) is 35.6 Å². The van der Waals surface area contributed by atoms with Crippen molar-refractivity contribution in [1.82, 2.24) is 25.3 Å². The maximum Gasteiger partial charge on any atom is 0.737 e. The van der Waals surface area contributed by atoms with Gasteiger partial charge in [0.1, 0.15) is 17.5 Å². The molecule has 0 saturated carbocycles. The number of halogens is 2. The summed E-state index contributed by atoms with van der Waals surface area (Å²) in [6, 6.07) is 0.164. The van der Waals surface area contributed by atoms with E-state index in [0.29, 0.717) is 72.1 Å². The van der Waals surface area contributed by atoms with Gasteiger partial charge in [0.2, 0.25) is 17.7 Å². The number of fused-ring (bicyclic) bond motifs is 2. The number of carbonyl (C=O) groups excluding carboxylic acids is 7. The Morgan fingerprint density at radius 3 is 2.17 bits per heavy atom. The zero-order valence-electron chi connectivity index (χ0n) is 44.9. The Balaban J connectivity index is 1.25. The summed E-state index contributed by atoms with van der Waals surface area (Å²) >= 11 is 0. The van der Waals surface area contributed by atoms with Gasteiger partial charge in [-0.15, -0.1) is 0 Å². The van der Waals surface area contributed by atoms with Gasteiger partial charge in [0.15, 0.2) is 11.5 Å². The normalized spacial score (nSPS) is 16.0. The van der Waals surface area contributed by atoms with Crippen LogP contribution in [0.25, 0.3) is 6.08 Å². The molecule has 22 nitrogen and oxygen atoms in total. The molecule has 2 unspecified atom stereocenters. The number of aryl methyl sites for hydroxylation is 2. The zero-order chi connectivity index (χ0) is 57.1. The lowest BCUT2D eigenvalue weighted by molar-refractivity contribution is -0.870. The van der Waals surface area contributed by atoms with Crippen LogP contribution in [-0.4, -0.2) is 174 Å². The molecule has 430 valence electrons. The molecule has 4 heterocycles. The molecule has 5 N–H and O–H groups in total. The molecule has 0 aliphatic carbocycles. The van der Waals surface area contributed by atoms with E-state index in [1.165, 1.54) is 12.2 Å². The smallest absolute Gasteiger partial charge is 0.737 e. The summed E-state index contributed by atoms with van der Waals surface area (Å²) in [6.07, 6.45) is 9.47. The molecule has 0 bridgehead atoms. The summed E-state index contributed by atoms with van der Waals surface area (Å²) in [5.41, 5.74) is 3.13. The van der Waals surface area contributed by atoms with E-state index in [9.17, 15) is 60.9 Å². The molecule has 5 amide bonds. The van der Waals surface area contributed by atoms with Crippen molar-refractivity contribution in [3.8, 4) is 0 Å². The van der Waals surface area contributed by atoms with Crippen molar-refractivity contribution in [2.45, 2.75) is 129 Å². The number of imide groups is 1. The van der Waals surface area contributed by atoms with Crippen LogP contribution in [0.3, 0.4) is 0 Å². The number of hydrogen-bond acceptors (Lipinski definition) is 13. The SMILES string of the molecule is CCCC1=CC(CCC(=O)NC(CS(=O)(=O)[O-])C(=O)CCCCCC(=O)CC(COP(=O)(O)O)C(=O)NCCCCC(=O)NCCOCCN2C(=O)C=CC2=O)=[N+]2C1=Cc1c(CCC)cc(CCC[N+](C)(C)C)n1[B-]2(F)F. The van der Waals surface area contributed by atoms with E-state index in [0.717, 1.165) is 32.4 Å². The highest BCUT2D eigenvalue weighted by Gasteiger charge is 2.54. The quantitative estimate of drug-likeness (QED) is 0.0159. The maximum atomic E-state index is 17.1. The molecule has 2 atom stereocenters. The number of nitrogens with zero attached hydrogens (tertiary/aromatic N) is 4. The van der Waals surface area contributed by atoms with E-state index in [4.69, 9.17) is 4.74 Å². The van der Waals surface area contributed by atoms with Crippen molar-refractivity contribution < 1.29 is 87.7 Å². The number of nitrogens with one attached hydrogen (secondary N) is 3. The number of ketones is 2. The van der Waals surface area contributed by atoms with Gasteiger partial charge in [0, 0.05) is 93.6 Å². The first-order valence-corrected chi connectivity index (χ1v) is 29.5. The molecule has 4 rings (SSSR count). The standard InChI is InChI=1S/C50H77BF2N7O15PS/c1-6-14-36-30-39(16-13-27-60(3,4)5)58-43(36)33-44-37(15-7-2)31-40(59(44)51(58,52)53)20-21-47(64)56-42(35-77(71,72)73)45(62)18-10-8-9-17-41(61)32-38(34-75-76(68,69)70)50(67)55-24-12-11-19-46(63)54-25-28-74-29-26-57-48(65)22-23-49(57)66/h22-23,30-31,33,38,42H,6-21,24-29,32,34-35H2,1-5H3,(H5-,54,55,56,63,64,67,68,69,70,71,72,73). The van der Waals surface area contributed by atoms with Crippen molar-refractivity contribution in [2.75, 3.05) is 72.9 Å². The molecule has 3 aliphatic heterocycles. The van der Waals surface area contributed by atoms with Crippen molar-refractivity contribution in [2.24, 2.45) is 5.92 Å². The average Bonchev–Trinajstić information content (AvgIpc) is 3.98. The third kappa shape index (κ3) is 21.2. The third-order valence-corrected chi connectivity index (χ3v) is 14.3. The van der Waals surface area contributed by atoms with Crippen LogP contribution in [-0.2, 0) is 70.3 Å². The van der Waals surface area contributed by atoms with Gasteiger partial charge in [-0.1, -0.05) is 33.1 Å². The Morgan fingerprint density at radius 2 is 1.52 bits per heavy atom. The largest absolute Gasteiger partial charge is 0.748 e. The predicted molar refractivity (Wildman–Crippen MR) is 281 cm³/mol. The van der Waals surface area contributed by atoms with Crippen LogP contribution in [0.1, 0.15) is 127 Å². The fourth-order valence-corrected chi connectivity index (χ4v) is 10.4. The molecule has 0 radical (unpaired) electrons. The first-order valence-electron chi connectivity index (χ1n) is 26.4. The number of phosphoric ester groups is 1. The van der Waals surface area contributed by atoms with Gasteiger partial charge in [-0.25, -0.2) is 13.0 Å². The summed E-state index contributed by atoms with van der Waals surface area (Å²) in [5, 5.41) is 7.58. The lowest BCUT2D eigenvalue weighted by Gasteiger charge is -2.32. The van der Waals surface area contributed by atoms with E-state index < -0.39 is 97.3 Å². The topological polar surface area (TPSA) is 300 Å². The van der Waals surface area contributed by atoms with E-state index in [1.54, 1.807) is 12.2 Å². The Hall–Kier alpha value is -5.08. The zero-order valence-corrected chi connectivity index (χ0v) is 46.6. The molecule has 0 spiro atoms. The van der Waals surface area contributed by atoms with Gasteiger partial charge in [-0.2, -0.15) is 0 Å². The molecule has 77 heavy (non-hydrogen) atoms. The highest BCUT2D eigenvalue weighted by molar-refractivity contribution is 7.85. The van der Waals surface area contributed by atoms with Gasteiger partial charge >= 0.3 is 14.8 Å². The van der Waals surface area contributed by atoms with Gasteiger partial charge < -0.3 is 57.1 Å². The number of rotatable bonds is 38. The van der Waals surface area contributed by atoms with Gasteiger partial charge in [-0.05, 0) is 62.3 Å². The molecule has 0 fully saturated rings. The van der Waals surface area contributed by atoms with E-state index in [2.05, 4.69) is 20.5 Å². The average molecular weight is 1130 g/mol. The van der Waals surface area contributed by atoms with Crippen LogP contribution in [0.4, 0.5) is 8.63 Å². The Labute approximate surface area is 449 Å². The summed E-state index contributed by atoms with van der Waals surface area (Å²) in [6.45, 7) is 0.121. The summed E-state index contributed by atoms with van der Waals surface area (Å²) < 4.78 is 94.0. The van der Waals surface area contributed by atoms with Crippen molar-refractivity contribution in [3.63, 3.8) is 0 Å². The molecule has 0 aromatic carbocycles. The number of unbranched alkanes of at least 4 members (excludes halogenated alkanes) is 3. The minimum atomic E-state index is -5.03. The van der Waals surface area contributed by atoms with E-state index in [1.807, 2.05) is 41.1 Å². The fourth-order valence-electron chi connectivity index (χ4n) is 9.39. The molecule has 27 heteroatoms. The lowest BCUT2D eigenvalue weighted by Crippen LogP contribution is -2.51. The van der Waals surface area contributed by atoms with E-state index in [-0.39, 0.29) is 89.4 Å². The lowest BCUT2D eigenvalue weighted by atomic mass is 9.88. The van der Waals surface area contributed by atoms with Crippen LogP contribution in [0.2, 0.25) is 0 Å². The second-order valence-corrected chi connectivity index (χ2v) is 23.3. The summed E-state index contributed by atoms with van der Waals surface area (Å²) in [4.78, 5) is 107. The first kappa shape index (κ1) is 64.5. The van der Waals surface area contributed by atoms with Crippen molar-refractivity contribution >= 4 is 77.8 Å². The number of amides is 5. The Bertz CT molecular complexity index is 2590. The first-order chi connectivity index (χ1) is 36.1. The molecule has 3 aliphatic rings. The number of allylic oxidation sites excluding steroid dienone is 2. The number of ether oxygens (including phenoxy) is 1. The maximum absolute atomic E-state index is 17.1. The van der Waals surface area contributed by atoms with Crippen LogP contribution in [0, 0.1) is 5.92 Å². The molecule has 1 aromatic rings. The van der Waals surface area contributed by atoms with Crippen molar-refractivity contribution in [3.05, 3.63) is 52.5 Å². The number of quaternary nitrogens is 1. The van der Waals surface area contributed by atoms with Gasteiger partial charge in [-0.3, -0.25) is 43.0 Å². The number of aromatic nitrogens is 1. The third-order valence-electron chi connectivity index (χ3n) is 13.1. The molecule has 1 aromatic heterocycles. The Kier molecular flexibility index (Phi) is 24.9. The van der Waals surface area contributed by atoms with Crippen LogP contribution in [0.5, 0.6) is 0 Å². The van der Waals surface area contributed by atoms with Crippen LogP contribution >= 0.6 is 7.82 Å². The van der Waals surface area contributed by atoms with Gasteiger partial charge in [0.05, 0.1) is 75.8 Å². The minimum absolute atomic E-state index is 0.0725. The van der Waals surface area contributed by atoms with E-state index >= 15 is 8.63 Å². The number of phosphoric acid groups is 1. The summed E-state index contributed by atoms with van der Waals surface area (Å²) in [7, 11) is -3.92. The van der Waals surface area contributed by atoms with Crippen LogP contribution < -0.4 is 16.0 Å². The fraction of sp³-hybridized carbons (Fsp3) is 0.640. The summed E-state index contributed by atoms with van der Waals surface area (Å²) in [5.74, 6) is -6.40. The highest BCUT2D eigenvalue weighted by atomic mass is 32.2. The van der Waals surface area contributed by atoms with Crippen molar-refractivity contribution in [1.29, 1.82) is 0 Å². The number of hydrogen-bond donors (Lipinski definition) is 5. The Morgan fingerprint density at radius 1 is 0.844 bits per heavy atom. The highest BCUT2D eigenvalue weighted by Crippen LogP contribution is 2.40.